The van der Waals surface area contributed by atoms with Crippen LogP contribution in [0.1, 0.15) is 12.0 Å². The number of ketones is 1. The van der Waals surface area contributed by atoms with E-state index in [1.54, 1.807) is 6.07 Å². The normalized spacial score (nSPS) is 19.4. The highest BCUT2D eigenvalue weighted by Gasteiger charge is 2.45. The highest BCUT2D eigenvalue weighted by molar-refractivity contribution is 5.88. The molecule has 2 N–H and O–H groups in total. The third-order valence-electron chi connectivity index (χ3n) is 2.60. The number of benzene rings is 1. The second-order valence-electron chi connectivity index (χ2n) is 3.87. The van der Waals surface area contributed by atoms with E-state index in [1.807, 2.05) is 0 Å². The van der Waals surface area contributed by atoms with E-state index in [2.05, 4.69) is 0 Å². The van der Waals surface area contributed by atoms with Crippen molar-refractivity contribution in [3.05, 3.63) is 23.8 Å². The number of nitrogens with two attached hydrogens (primary N) is 1. The number of anilines is 1. The highest BCUT2D eigenvalue weighted by Crippen LogP contribution is 2.32. The maximum Gasteiger partial charge on any atom is 0.453 e. The minimum absolute atomic E-state index is 0.0226. The lowest BCUT2D eigenvalue weighted by Gasteiger charge is -2.25. The van der Waals surface area contributed by atoms with Crippen molar-refractivity contribution in [1.29, 1.82) is 0 Å². The Balaban J connectivity index is 2.19. The zero-order valence-electron chi connectivity index (χ0n) is 8.75. The lowest BCUT2D eigenvalue weighted by atomic mass is 9.99. The lowest BCUT2D eigenvalue weighted by molar-refractivity contribution is -0.179. The molecule has 1 unspecified atom stereocenters. The predicted octanol–water partition coefficient (Wildman–Crippen LogP) is 2.09. The number of Topliss-reactive ketones (excluding diaryl/α,β-unsaturated/α-hetero) is 1. The van der Waals surface area contributed by atoms with Gasteiger partial charge >= 0.3 is 6.18 Å². The van der Waals surface area contributed by atoms with Gasteiger partial charge in [-0.3, -0.25) is 4.79 Å². The number of aryl methyl sites for hydroxylation is 1. The molecule has 0 spiro atoms. The summed E-state index contributed by atoms with van der Waals surface area (Å²) < 4.78 is 41.7. The standard InChI is InChI=1S/C11H10F3NO2/c12-11(13,14)10(16)9-3-1-6-5-7(15)2-4-8(6)17-9/h2,4-5,9H,1,3,15H2. The molecule has 1 aromatic rings. The fourth-order valence-corrected chi connectivity index (χ4v) is 1.78. The lowest BCUT2D eigenvalue weighted by Crippen LogP contribution is -2.40. The maximum absolute atomic E-state index is 12.2. The van der Waals surface area contributed by atoms with Crippen molar-refractivity contribution in [2.24, 2.45) is 0 Å². The van der Waals surface area contributed by atoms with Crippen molar-refractivity contribution < 1.29 is 22.7 Å². The molecule has 6 heteroatoms. The molecular formula is C11H10F3NO2. The van der Waals surface area contributed by atoms with Crippen LogP contribution in [0.25, 0.3) is 0 Å². The first-order valence-corrected chi connectivity index (χ1v) is 5.04. The fraction of sp³-hybridized carbons (Fsp3) is 0.364. The van der Waals surface area contributed by atoms with Gasteiger partial charge in [0, 0.05) is 5.69 Å². The SMILES string of the molecule is Nc1ccc2c(c1)CCC(C(=O)C(F)(F)F)O2. The molecule has 0 aromatic heterocycles. The molecule has 1 aromatic carbocycles. The van der Waals surface area contributed by atoms with Gasteiger partial charge in [0.25, 0.3) is 5.78 Å². The Labute approximate surface area is 95.4 Å². The van der Waals surface area contributed by atoms with E-state index >= 15 is 0 Å². The second kappa shape index (κ2) is 3.94. The summed E-state index contributed by atoms with van der Waals surface area (Å²) in [6.45, 7) is 0. The van der Waals surface area contributed by atoms with Crippen molar-refractivity contribution in [3.63, 3.8) is 0 Å². The van der Waals surface area contributed by atoms with Gasteiger partial charge in [0.1, 0.15) is 5.75 Å². The number of alkyl halides is 3. The first-order valence-electron chi connectivity index (χ1n) is 5.04. The molecule has 0 radical (unpaired) electrons. The Morgan fingerprint density at radius 2 is 2.12 bits per heavy atom. The number of rotatable bonds is 1. The number of halogens is 3. The Kier molecular flexibility index (Phi) is 2.73. The van der Waals surface area contributed by atoms with Crippen LogP contribution in [0.4, 0.5) is 18.9 Å². The minimum atomic E-state index is -4.85. The van der Waals surface area contributed by atoms with Gasteiger partial charge in [-0.1, -0.05) is 0 Å². The van der Waals surface area contributed by atoms with Crippen LogP contribution in [0.3, 0.4) is 0 Å². The average Bonchev–Trinajstić information content (AvgIpc) is 2.26. The summed E-state index contributed by atoms with van der Waals surface area (Å²) in [5.74, 6) is -1.53. The van der Waals surface area contributed by atoms with Gasteiger partial charge in [0.15, 0.2) is 6.10 Å². The van der Waals surface area contributed by atoms with Crippen molar-refractivity contribution in [3.8, 4) is 5.75 Å². The molecule has 0 bridgehead atoms. The Morgan fingerprint density at radius 1 is 1.41 bits per heavy atom. The van der Waals surface area contributed by atoms with E-state index in [-0.39, 0.29) is 6.42 Å². The predicted molar refractivity (Wildman–Crippen MR) is 54.7 cm³/mol. The van der Waals surface area contributed by atoms with Crippen LogP contribution in [0.5, 0.6) is 5.75 Å². The molecule has 0 saturated carbocycles. The Hall–Kier alpha value is -1.72. The third kappa shape index (κ3) is 2.35. The summed E-state index contributed by atoms with van der Waals surface area (Å²) in [6.07, 6.45) is -5.91. The summed E-state index contributed by atoms with van der Waals surface area (Å²) in [6, 6.07) is 4.66. The Morgan fingerprint density at radius 3 is 2.76 bits per heavy atom. The van der Waals surface area contributed by atoms with Gasteiger partial charge in [-0.2, -0.15) is 13.2 Å². The number of ether oxygens (including phenoxy) is 1. The molecule has 0 amide bonds. The molecule has 17 heavy (non-hydrogen) atoms. The quantitative estimate of drug-likeness (QED) is 0.771. The summed E-state index contributed by atoms with van der Waals surface area (Å²) >= 11 is 0. The molecular weight excluding hydrogens is 235 g/mol. The van der Waals surface area contributed by atoms with Crippen LogP contribution in [0.15, 0.2) is 18.2 Å². The topological polar surface area (TPSA) is 52.3 Å². The minimum Gasteiger partial charge on any atom is -0.482 e. The van der Waals surface area contributed by atoms with Crippen LogP contribution in [0.2, 0.25) is 0 Å². The van der Waals surface area contributed by atoms with Crippen molar-refractivity contribution in [1.82, 2.24) is 0 Å². The summed E-state index contributed by atoms with van der Waals surface area (Å²) in [7, 11) is 0. The molecule has 0 saturated heterocycles. The monoisotopic (exact) mass is 245 g/mol. The molecule has 1 aliphatic heterocycles. The van der Waals surface area contributed by atoms with Gasteiger partial charge in [-0.05, 0) is 36.6 Å². The zero-order valence-corrected chi connectivity index (χ0v) is 8.75. The molecule has 92 valence electrons. The summed E-state index contributed by atoms with van der Waals surface area (Å²) in [5.41, 5.74) is 6.80. The van der Waals surface area contributed by atoms with Gasteiger partial charge < -0.3 is 10.5 Å². The van der Waals surface area contributed by atoms with E-state index in [0.717, 1.165) is 5.56 Å². The third-order valence-corrected chi connectivity index (χ3v) is 2.60. The molecule has 1 heterocycles. The average molecular weight is 245 g/mol. The van der Waals surface area contributed by atoms with Crippen molar-refractivity contribution in [2.45, 2.75) is 25.1 Å². The molecule has 1 aliphatic rings. The first-order chi connectivity index (χ1) is 7.88. The van der Waals surface area contributed by atoms with E-state index in [1.165, 1.54) is 12.1 Å². The number of carbonyl (C=O) groups is 1. The molecule has 0 aliphatic carbocycles. The number of nitrogen functional groups attached to an aromatic ring is 1. The van der Waals surface area contributed by atoms with Gasteiger partial charge in [-0.15, -0.1) is 0 Å². The van der Waals surface area contributed by atoms with Gasteiger partial charge in [-0.25, -0.2) is 0 Å². The van der Waals surface area contributed by atoms with E-state index in [9.17, 15) is 18.0 Å². The smallest absolute Gasteiger partial charge is 0.453 e. The zero-order chi connectivity index (χ0) is 12.6. The second-order valence-corrected chi connectivity index (χ2v) is 3.87. The first kappa shape index (κ1) is 11.8. The summed E-state index contributed by atoms with van der Waals surface area (Å²) in [5, 5.41) is 0. The molecule has 3 nitrogen and oxygen atoms in total. The van der Waals surface area contributed by atoms with Gasteiger partial charge in [0.05, 0.1) is 0 Å². The van der Waals surface area contributed by atoms with Crippen LogP contribution >= 0.6 is 0 Å². The molecule has 2 rings (SSSR count). The molecule has 0 fully saturated rings. The number of hydrogen-bond donors (Lipinski definition) is 1. The van der Waals surface area contributed by atoms with Crippen molar-refractivity contribution >= 4 is 11.5 Å². The van der Waals surface area contributed by atoms with Crippen LogP contribution in [-0.4, -0.2) is 18.1 Å². The Bertz CT molecular complexity index is 457. The van der Waals surface area contributed by atoms with E-state index in [4.69, 9.17) is 10.5 Å². The fourth-order valence-electron chi connectivity index (χ4n) is 1.78. The van der Waals surface area contributed by atoms with Gasteiger partial charge in [0.2, 0.25) is 0 Å². The number of carbonyl (C=O) groups excluding carboxylic acids is 1. The van der Waals surface area contributed by atoms with Crippen LogP contribution in [-0.2, 0) is 11.2 Å². The highest BCUT2D eigenvalue weighted by atomic mass is 19.4. The van der Waals surface area contributed by atoms with Crippen LogP contribution < -0.4 is 10.5 Å². The van der Waals surface area contributed by atoms with Crippen LogP contribution in [0, 0.1) is 0 Å². The number of hydrogen-bond acceptors (Lipinski definition) is 3. The number of fused-ring (bicyclic) bond motifs is 1. The van der Waals surface area contributed by atoms with E-state index < -0.39 is 18.1 Å². The summed E-state index contributed by atoms with van der Waals surface area (Å²) in [4.78, 5) is 11.0. The van der Waals surface area contributed by atoms with Crippen molar-refractivity contribution in [2.75, 3.05) is 5.73 Å². The van der Waals surface area contributed by atoms with E-state index in [0.29, 0.717) is 17.9 Å². The largest absolute Gasteiger partial charge is 0.482 e. The molecule has 1 atom stereocenters. The maximum atomic E-state index is 12.2.